The van der Waals surface area contributed by atoms with E-state index in [9.17, 15) is 0 Å². The highest BCUT2D eigenvalue weighted by molar-refractivity contribution is 5.35. The summed E-state index contributed by atoms with van der Waals surface area (Å²) in [5, 5.41) is 7.77. The third-order valence-electron chi connectivity index (χ3n) is 2.97. The topological polar surface area (TPSA) is 42.7 Å². The second-order valence-electron chi connectivity index (χ2n) is 4.12. The lowest BCUT2D eigenvalue weighted by Gasteiger charge is -2.04. The van der Waals surface area contributed by atoms with Crippen molar-refractivity contribution in [1.82, 2.24) is 20.1 Å². The lowest BCUT2D eigenvalue weighted by atomic mass is 10.1. The predicted molar refractivity (Wildman–Crippen MR) is 68.5 cm³/mol. The van der Waals surface area contributed by atoms with Crippen molar-refractivity contribution in [2.24, 2.45) is 0 Å². The van der Waals surface area contributed by atoms with E-state index in [0.29, 0.717) is 0 Å². The molecule has 90 valence electrons. The molecule has 0 atom stereocenters. The van der Waals surface area contributed by atoms with Crippen LogP contribution >= 0.6 is 0 Å². The first kappa shape index (κ1) is 11.8. The molecule has 0 saturated carbocycles. The van der Waals surface area contributed by atoms with Gasteiger partial charge < -0.3 is 5.32 Å². The lowest BCUT2D eigenvalue weighted by molar-refractivity contribution is 0.783. The Bertz CT molecular complexity index is 488. The van der Waals surface area contributed by atoms with Gasteiger partial charge in [-0.25, -0.2) is 4.68 Å². The standard InChI is InChI=1S/C13H18N4/c1-10-13(6-7-14-3)11(2)17(16-10)12-4-8-15-9-5-12/h4-5,8-9,14H,6-7H2,1-3H3. The van der Waals surface area contributed by atoms with Gasteiger partial charge >= 0.3 is 0 Å². The number of nitrogens with one attached hydrogen (secondary N) is 1. The molecule has 0 aliphatic rings. The van der Waals surface area contributed by atoms with Crippen LogP contribution in [0.5, 0.6) is 0 Å². The van der Waals surface area contributed by atoms with Crippen LogP contribution in [-0.2, 0) is 6.42 Å². The van der Waals surface area contributed by atoms with Gasteiger partial charge in [0.2, 0.25) is 0 Å². The van der Waals surface area contributed by atoms with E-state index in [2.05, 4.69) is 29.2 Å². The first-order valence-corrected chi connectivity index (χ1v) is 5.84. The van der Waals surface area contributed by atoms with Crippen LogP contribution in [0.25, 0.3) is 5.69 Å². The molecule has 2 heterocycles. The van der Waals surface area contributed by atoms with Crippen molar-refractivity contribution in [3.05, 3.63) is 41.5 Å². The smallest absolute Gasteiger partial charge is 0.0679 e. The molecule has 2 aromatic rings. The zero-order chi connectivity index (χ0) is 12.3. The van der Waals surface area contributed by atoms with Crippen molar-refractivity contribution in [2.45, 2.75) is 20.3 Å². The van der Waals surface area contributed by atoms with Gasteiger partial charge in [-0.2, -0.15) is 5.10 Å². The first-order chi connectivity index (χ1) is 8.24. The number of aryl methyl sites for hydroxylation is 1. The highest BCUT2D eigenvalue weighted by atomic mass is 15.3. The van der Waals surface area contributed by atoms with Gasteiger partial charge in [0.15, 0.2) is 0 Å². The van der Waals surface area contributed by atoms with Gasteiger partial charge in [-0.3, -0.25) is 4.98 Å². The summed E-state index contributed by atoms with van der Waals surface area (Å²) in [4.78, 5) is 4.03. The summed E-state index contributed by atoms with van der Waals surface area (Å²) in [6.07, 6.45) is 4.59. The Balaban J connectivity index is 2.37. The number of pyridine rings is 1. The number of rotatable bonds is 4. The number of aromatic nitrogens is 3. The molecule has 0 unspecified atom stereocenters. The molecule has 4 nitrogen and oxygen atoms in total. The van der Waals surface area contributed by atoms with Crippen molar-refractivity contribution in [3.63, 3.8) is 0 Å². The fourth-order valence-electron chi connectivity index (χ4n) is 2.02. The van der Waals surface area contributed by atoms with Crippen molar-refractivity contribution >= 4 is 0 Å². The van der Waals surface area contributed by atoms with Crippen LogP contribution < -0.4 is 5.32 Å². The Kier molecular flexibility index (Phi) is 3.54. The average Bonchev–Trinajstić information content (AvgIpc) is 2.64. The van der Waals surface area contributed by atoms with Gasteiger partial charge in [-0.1, -0.05) is 0 Å². The van der Waals surface area contributed by atoms with Crippen LogP contribution in [0.4, 0.5) is 0 Å². The molecule has 2 rings (SSSR count). The summed E-state index contributed by atoms with van der Waals surface area (Å²) in [5.41, 5.74) is 4.71. The van der Waals surface area contributed by atoms with E-state index in [1.807, 2.05) is 23.9 Å². The SMILES string of the molecule is CNCCc1c(C)nn(-c2ccncc2)c1C. The molecule has 0 amide bonds. The van der Waals surface area contributed by atoms with Gasteiger partial charge in [0.05, 0.1) is 11.4 Å². The second kappa shape index (κ2) is 5.10. The average molecular weight is 230 g/mol. The molecule has 0 saturated heterocycles. The Labute approximate surface area is 102 Å². The summed E-state index contributed by atoms with van der Waals surface area (Å²) in [5.74, 6) is 0. The number of hydrogen-bond acceptors (Lipinski definition) is 3. The van der Waals surface area contributed by atoms with Crippen molar-refractivity contribution < 1.29 is 0 Å². The van der Waals surface area contributed by atoms with Crippen molar-refractivity contribution in [1.29, 1.82) is 0 Å². The van der Waals surface area contributed by atoms with E-state index in [4.69, 9.17) is 0 Å². The number of nitrogens with zero attached hydrogens (tertiary/aromatic N) is 3. The molecule has 0 radical (unpaired) electrons. The molecule has 4 heteroatoms. The molecule has 0 aliphatic heterocycles. The van der Waals surface area contributed by atoms with E-state index in [1.54, 1.807) is 12.4 Å². The third kappa shape index (κ3) is 2.36. The summed E-state index contributed by atoms with van der Waals surface area (Å²) >= 11 is 0. The minimum absolute atomic E-state index is 0.976. The molecule has 0 aromatic carbocycles. The molecule has 17 heavy (non-hydrogen) atoms. The van der Waals surface area contributed by atoms with Crippen LogP contribution in [-0.4, -0.2) is 28.4 Å². The summed E-state index contributed by atoms with van der Waals surface area (Å²) in [6.45, 7) is 5.16. The van der Waals surface area contributed by atoms with Gasteiger partial charge in [0.1, 0.15) is 0 Å². The maximum Gasteiger partial charge on any atom is 0.0679 e. The Morgan fingerprint density at radius 2 is 1.94 bits per heavy atom. The van der Waals surface area contributed by atoms with Gasteiger partial charge in [0.25, 0.3) is 0 Å². The number of hydrogen-bond donors (Lipinski definition) is 1. The zero-order valence-corrected chi connectivity index (χ0v) is 10.6. The minimum Gasteiger partial charge on any atom is -0.319 e. The summed E-state index contributed by atoms with van der Waals surface area (Å²) < 4.78 is 1.99. The highest BCUT2D eigenvalue weighted by Gasteiger charge is 2.11. The van der Waals surface area contributed by atoms with E-state index >= 15 is 0 Å². The molecular weight excluding hydrogens is 212 g/mol. The summed E-state index contributed by atoms with van der Waals surface area (Å²) in [7, 11) is 1.97. The molecule has 0 bridgehead atoms. The van der Waals surface area contributed by atoms with Crippen LogP contribution in [0.15, 0.2) is 24.5 Å². The van der Waals surface area contributed by atoms with Gasteiger partial charge in [0, 0.05) is 18.1 Å². The fraction of sp³-hybridized carbons (Fsp3) is 0.385. The highest BCUT2D eigenvalue weighted by Crippen LogP contribution is 2.17. The van der Waals surface area contributed by atoms with E-state index in [0.717, 1.165) is 24.3 Å². The molecule has 0 aliphatic carbocycles. The first-order valence-electron chi connectivity index (χ1n) is 5.84. The Hall–Kier alpha value is -1.68. The molecular formula is C13H18N4. The predicted octanol–water partition coefficient (Wildman–Crippen LogP) is 1.65. The van der Waals surface area contributed by atoms with Crippen molar-refractivity contribution in [2.75, 3.05) is 13.6 Å². The molecule has 2 aromatic heterocycles. The zero-order valence-electron chi connectivity index (χ0n) is 10.6. The van der Waals surface area contributed by atoms with E-state index in [-0.39, 0.29) is 0 Å². The molecule has 1 N–H and O–H groups in total. The number of likely N-dealkylation sites (N-methyl/N-ethyl adjacent to an activating group) is 1. The maximum absolute atomic E-state index is 4.59. The molecule has 0 spiro atoms. The van der Waals surface area contributed by atoms with Gasteiger partial charge in [-0.15, -0.1) is 0 Å². The monoisotopic (exact) mass is 230 g/mol. The largest absolute Gasteiger partial charge is 0.319 e. The third-order valence-corrected chi connectivity index (χ3v) is 2.97. The molecule has 0 fully saturated rings. The van der Waals surface area contributed by atoms with Crippen LogP contribution in [0.2, 0.25) is 0 Å². The quantitative estimate of drug-likeness (QED) is 0.868. The summed E-state index contributed by atoms with van der Waals surface area (Å²) in [6, 6.07) is 3.95. The normalized spacial score (nSPS) is 10.8. The minimum atomic E-state index is 0.976. The second-order valence-corrected chi connectivity index (χ2v) is 4.12. The lowest BCUT2D eigenvalue weighted by Crippen LogP contribution is -2.11. The Morgan fingerprint density at radius 3 is 2.59 bits per heavy atom. The van der Waals surface area contributed by atoms with E-state index < -0.39 is 0 Å². The Morgan fingerprint density at radius 1 is 1.24 bits per heavy atom. The maximum atomic E-state index is 4.59. The fourth-order valence-corrected chi connectivity index (χ4v) is 2.02. The van der Waals surface area contributed by atoms with Crippen LogP contribution in [0, 0.1) is 13.8 Å². The van der Waals surface area contributed by atoms with Crippen LogP contribution in [0.3, 0.4) is 0 Å². The van der Waals surface area contributed by atoms with E-state index in [1.165, 1.54) is 11.3 Å². The van der Waals surface area contributed by atoms with Crippen LogP contribution in [0.1, 0.15) is 17.0 Å². The van der Waals surface area contributed by atoms with Gasteiger partial charge in [-0.05, 0) is 51.6 Å². The van der Waals surface area contributed by atoms with Crippen molar-refractivity contribution in [3.8, 4) is 5.69 Å².